The molecule has 1 unspecified atom stereocenters. The quantitative estimate of drug-likeness (QED) is 0.380. The highest BCUT2D eigenvalue weighted by molar-refractivity contribution is 7.99. The Labute approximate surface area is 217 Å². The summed E-state index contributed by atoms with van der Waals surface area (Å²) >= 11 is 8.83. The van der Waals surface area contributed by atoms with E-state index in [1.807, 2.05) is 30.5 Å². The zero-order valence-corrected chi connectivity index (χ0v) is 22.3. The molecule has 2 heterocycles. The lowest BCUT2D eigenvalue weighted by atomic mass is 9.88. The van der Waals surface area contributed by atoms with Crippen molar-refractivity contribution in [1.29, 1.82) is 0 Å². The first-order valence-corrected chi connectivity index (χ1v) is 13.6. The Balaban J connectivity index is 1.39. The number of nitrogens with zero attached hydrogens (tertiary/aromatic N) is 3. The number of halogens is 1. The normalized spacial score (nSPS) is 15.0. The zero-order chi connectivity index (χ0) is 25.1. The summed E-state index contributed by atoms with van der Waals surface area (Å²) in [5, 5.41) is 13.2. The molecule has 8 nitrogen and oxygen atoms in total. The number of hydrogen-bond acceptors (Lipinski definition) is 7. The summed E-state index contributed by atoms with van der Waals surface area (Å²) in [4.78, 5) is 26.0. The number of thiophene rings is 1. The maximum atomic E-state index is 12.7. The van der Waals surface area contributed by atoms with Crippen molar-refractivity contribution < 1.29 is 14.3 Å². The molecule has 0 spiro atoms. The molecular formula is C24H28ClN5O3S2. The maximum Gasteiger partial charge on any atom is 0.251 e. The van der Waals surface area contributed by atoms with Crippen molar-refractivity contribution in [2.75, 3.05) is 11.1 Å². The molecule has 1 atom stereocenters. The van der Waals surface area contributed by atoms with Gasteiger partial charge in [0, 0.05) is 16.4 Å². The summed E-state index contributed by atoms with van der Waals surface area (Å²) in [5.74, 6) is 1.34. The largest absolute Gasteiger partial charge is 0.486 e. The van der Waals surface area contributed by atoms with Crippen LogP contribution in [0.5, 0.6) is 5.75 Å². The SMILES string of the molecule is CCn1c(COc2ccc(Cl)c(C)c2)nnc1SCC(=O)Nc1sc2c(c1C(N)=O)CCC(C)C2. The van der Waals surface area contributed by atoms with Gasteiger partial charge in [-0.3, -0.25) is 9.59 Å². The van der Waals surface area contributed by atoms with Gasteiger partial charge >= 0.3 is 0 Å². The van der Waals surface area contributed by atoms with Crippen LogP contribution in [-0.2, 0) is 30.8 Å². The van der Waals surface area contributed by atoms with Crippen LogP contribution in [0.15, 0.2) is 23.4 Å². The van der Waals surface area contributed by atoms with Gasteiger partial charge in [0.1, 0.15) is 17.4 Å². The Morgan fingerprint density at radius 3 is 2.89 bits per heavy atom. The summed E-state index contributed by atoms with van der Waals surface area (Å²) in [6.45, 7) is 6.98. The van der Waals surface area contributed by atoms with Crippen molar-refractivity contribution in [3.8, 4) is 5.75 Å². The molecule has 0 saturated carbocycles. The molecule has 0 saturated heterocycles. The van der Waals surface area contributed by atoms with Crippen LogP contribution in [0.4, 0.5) is 5.00 Å². The summed E-state index contributed by atoms with van der Waals surface area (Å²) < 4.78 is 7.78. The second kappa shape index (κ2) is 11.0. The average molecular weight is 534 g/mol. The number of nitrogens with two attached hydrogens (primary N) is 1. The summed E-state index contributed by atoms with van der Waals surface area (Å²) in [7, 11) is 0. The Kier molecular flexibility index (Phi) is 8.03. The van der Waals surface area contributed by atoms with Crippen LogP contribution in [0.25, 0.3) is 0 Å². The van der Waals surface area contributed by atoms with Gasteiger partial charge in [0.05, 0.1) is 11.3 Å². The average Bonchev–Trinajstić information content (AvgIpc) is 3.38. The van der Waals surface area contributed by atoms with Gasteiger partial charge in [-0.15, -0.1) is 21.5 Å². The van der Waals surface area contributed by atoms with Crippen LogP contribution in [0.3, 0.4) is 0 Å². The fourth-order valence-electron chi connectivity index (χ4n) is 4.10. The van der Waals surface area contributed by atoms with Gasteiger partial charge in [0.15, 0.2) is 11.0 Å². The van der Waals surface area contributed by atoms with Gasteiger partial charge in [-0.2, -0.15) is 0 Å². The fraction of sp³-hybridized carbons (Fsp3) is 0.417. The third-order valence-corrected chi connectivity index (χ3v) is 8.51. The van der Waals surface area contributed by atoms with Crippen molar-refractivity contribution in [2.45, 2.75) is 58.3 Å². The van der Waals surface area contributed by atoms with E-state index in [9.17, 15) is 9.59 Å². The van der Waals surface area contributed by atoms with Gasteiger partial charge in [0.2, 0.25) is 5.91 Å². The number of benzene rings is 1. The number of aromatic nitrogens is 3. The molecule has 3 aromatic rings. The Bertz CT molecular complexity index is 1260. The number of hydrogen-bond donors (Lipinski definition) is 2. The standard InChI is InChI=1S/C24H28ClN5O3S2/c1-4-30-19(11-33-15-6-8-17(25)14(3)10-15)28-29-24(30)34-12-20(31)27-23-21(22(26)32)16-7-5-13(2)9-18(16)35-23/h6,8,10,13H,4-5,7,9,11-12H2,1-3H3,(H2,26,32)(H,27,31). The number of aryl methyl sites for hydroxylation is 1. The predicted octanol–water partition coefficient (Wildman–Crippen LogP) is 4.85. The van der Waals surface area contributed by atoms with Crippen LogP contribution < -0.4 is 15.8 Å². The number of amides is 2. The molecule has 0 bridgehead atoms. The number of fused-ring (bicyclic) bond motifs is 1. The van der Waals surface area contributed by atoms with Crippen LogP contribution in [0, 0.1) is 12.8 Å². The van der Waals surface area contributed by atoms with Crippen molar-refractivity contribution >= 4 is 51.5 Å². The molecule has 2 amide bonds. The van der Waals surface area contributed by atoms with Crippen LogP contribution in [0.2, 0.25) is 5.02 Å². The van der Waals surface area contributed by atoms with E-state index in [2.05, 4.69) is 22.4 Å². The minimum absolute atomic E-state index is 0.131. The number of primary amides is 1. The maximum absolute atomic E-state index is 12.7. The molecule has 1 aliphatic rings. The van der Waals surface area contributed by atoms with Gasteiger partial charge in [0.25, 0.3) is 5.91 Å². The van der Waals surface area contributed by atoms with Crippen LogP contribution in [0.1, 0.15) is 52.5 Å². The van der Waals surface area contributed by atoms with E-state index in [0.29, 0.717) is 44.8 Å². The second-order valence-electron chi connectivity index (χ2n) is 8.60. The van der Waals surface area contributed by atoms with Gasteiger partial charge in [-0.25, -0.2) is 0 Å². The number of anilines is 1. The topological polar surface area (TPSA) is 112 Å². The Morgan fingerprint density at radius 2 is 2.17 bits per heavy atom. The molecule has 1 aromatic carbocycles. The van der Waals surface area contributed by atoms with E-state index in [0.717, 1.165) is 35.3 Å². The predicted molar refractivity (Wildman–Crippen MR) is 140 cm³/mol. The highest BCUT2D eigenvalue weighted by atomic mass is 35.5. The molecule has 35 heavy (non-hydrogen) atoms. The zero-order valence-electron chi connectivity index (χ0n) is 19.9. The molecule has 186 valence electrons. The van der Waals surface area contributed by atoms with E-state index in [1.54, 1.807) is 6.07 Å². The first-order chi connectivity index (χ1) is 16.8. The lowest BCUT2D eigenvalue weighted by molar-refractivity contribution is -0.113. The number of ether oxygens (including phenoxy) is 1. The summed E-state index contributed by atoms with van der Waals surface area (Å²) in [5.41, 5.74) is 8.05. The lowest BCUT2D eigenvalue weighted by Gasteiger charge is -2.18. The van der Waals surface area contributed by atoms with E-state index < -0.39 is 5.91 Å². The van der Waals surface area contributed by atoms with E-state index >= 15 is 0 Å². The van der Waals surface area contributed by atoms with Crippen molar-refractivity contribution in [1.82, 2.24) is 14.8 Å². The number of carbonyl (C=O) groups is 2. The van der Waals surface area contributed by atoms with Gasteiger partial charge < -0.3 is 20.4 Å². The fourth-order valence-corrected chi connectivity index (χ4v) is 6.47. The number of rotatable bonds is 9. The van der Waals surface area contributed by atoms with Gasteiger partial charge in [-0.05, 0) is 68.4 Å². The van der Waals surface area contributed by atoms with Crippen molar-refractivity contribution in [3.63, 3.8) is 0 Å². The Hall–Kier alpha value is -2.56. The first-order valence-electron chi connectivity index (χ1n) is 11.4. The van der Waals surface area contributed by atoms with Gasteiger partial charge in [-0.1, -0.05) is 30.3 Å². The number of nitrogens with one attached hydrogen (secondary N) is 1. The van der Waals surface area contributed by atoms with Crippen LogP contribution >= 0.6 is 34.7 Å². The first kappa shape index (κ1) is 25.5. The highest BCUT2D eigenvalue weighted by Crippen LogP contribution is 2.39. The van der Waals surface area contributed by atoms with E-state index in [4.69, 9.17) is 22.1 Å². The third-order valence-electron chi connectivity index (χ3n) is 5.95. The molecular weight excluding hydrogens is 506 g/mol. The molecule has 4 rings (SSSR count). The molecule has 0 radical (unpaired) electrons. The smallest absolute Gasteiger partial charge is 0.251 e. The molecule has 0 aliphatic heterocycles. The molecule has 0 fully saturated rings. The van der Waals surface area contributed by atoms with Crippen molar-refractivity contribution in [2.24, 2.45) is 11.7 Å². The summed E-state index contributed by atoms with van der Waals surface area (Å²) in [6.07, 6.45) is 2.74. The lowest BCUT2D eigenvalue weighted by Crippen LogP contribution is -2.20. The third kappa shape index (κ3) is 5.82. The number of carbonyl (C=O) groups excluding carboxylic acids is 2. The monoisotopic (exact) mass is 533 g/mol. The summed E-state index contributed by atoms with van der Waals surface area (Å²) in [6, 6.07) is 5.48. The highest BCUT2D eigenvalue weighted by Gasteiger charge is 2.27. The minimum Gasteiger partial charge on any atom is -0.486 e. The molecule has 1 aliphatic carbocycles. The van der Waals surface area contributed by atoms with Crippen molar-refractivity contribution in [3.05, 3.63) is 50.6 Å². The number of thioether (sulfide) groups is 1. The van der Waals surface area contributed by atoms with E-state index in [1.165, 1.54) is 23.1 Å². The minimum atomic E-state index is -0.494. The molecule has 11 heteroatoms. The molecule has 3 N–H and O–H groups in total. The van der Waals surface area contributed by atoms with Crippen LogP contribution in [-0.4, -0.2) is 32.3 Å². The second-order valence-corrected chi connectivity index (χ2v) is 11.1. The molecule has 2 aromatic heterocycles. The Morgan fingerprint density at radius 1 is 1.37 bits per heavy atom. The van der Waals surface area contributed by atoms with E-state index in [-0.39, 0.29) is 18.3 Å².